The van der Waals surface area contributed by atoms with Gasteiger partial charge in [-0.25, -0.2) is 5.01 Å². The van der Waals surface area contributed by atoms with Gasteiger partial charge in [-0.3, -0.25) is 20.0 Å². The number of aromatic nitrogens is 1. The predicted octanol–water partition coefficient (Wildman–Crippen LogP) is 3.20. The Morgan fingerprint density at radius 1 is 1.19 bits per heavy atom. The minimum atomic E-state index is -0.553. The fourth-order valence-electron chi connectivity index (χ4n) is 3.16. The van der Waals surface area contributed by atoms with Gasteiger partial charge in [-0.2, -0.15) is 0 Å². The van der Waals surface area contributed by atoms with Crippen LogP contribution < -0.4 is 5.43 Å². The van der Waals surface area contributed by atoms with Gasteiger partial charge in [-0.05, 0) is 51.3 Å². The smallest absolute Gasteiger partial charge is 0.325 e. The molecule has 1 saturated heterocycles. The van der Waals surface area contributed by atoms with Crippen LogP contribution in [0.2, 0.25) is 0 Å². The standard InChI is InChI=1S/C21H25N3O3/c1-21(2,3)27-20(26)18-11-7-13-24(18)23-19(25)17-10-5-4-9-16(17)15-8-6-12-22-14-15/h4-6,8-10,12,14,18H,7,11,13H2,1-3H3,(H,23,25). The zero-order chi connectivity index (χ0) is 19.4. The third kappa shape index (κ3) is 4.71. The van der Waals surface area contributed by atoms with E-state index in [0.717, 1.165) is 17.5 Å². The lowest BCUT2D eigenvalue weighted by molar-refractivity contribution is -0.161. The summed E-state index contributed by atoms with van der Waals surface area (Å²) in [6.07, 6.45) is 4.92. The Hall–Kier alpha value is -2.73. The lowest BCUT2D eigenvalue weighted by Gasteiger charge is -2.27. The van der Waals surface area contributed by atoms with Crippen molar-refractivity contribution in [1.29, 1.82) is 0 Å². The molecule has 1 N–H and O–H groups in total. The second-order valence-electron chi connectivity index (χ2n) is 7.61. The molecule has 1 aliphatic heterocycles. The molecule has 142 valence electrons. The van der Waals surface area contributed by atoms with Gasteiger partial charge in [-0.1, -0.05) is 24.3 Å². The van der Waals surface area contributed by atoms with Crippen LogP contribution in [0.3, 0.4) is 0 Å². The van der Waals surface area contributed by atoms with Crippen LogP contribution in [0.1, 0.15) is 44.0 Å². The highest BCUT2D eigenvalue weighted by Crippen LogP contribution is 2.24. The van der Waals surface area contributed by atoms with Crippen LogP contribution in [-0.4, -0.2) is 40.1 Å². The summed E-state index contributed by atoms with van der Waals surface area (Å²) in [6.45, 7) is 6.14. The van der Waals surface area contributed by atoms with E-state index in [1.807, 2.05) is 51.1 Å². The summed E-state index contributed by atoms with van der Waals surface area (Å²) in [7, 11) is 0. The number of amides is 1. The van der Waals surface area contributed by atoms with Gasteiger partial charge in [0.2, 0.25) is 0 Å². The van der Waals surface area contributed by atoms with E-state index in [1.54, 1.807) is 23.5 Å². The predicted molar refractivity (Wildman–Crippen MR) is 103 cm³/mol. The lowest BCUT2D eigenvalue weighted by atomic mass is 10.0. The third-order valence-electron chi connectivity index (χ3n) is 4.32. The molecule has 27 heavy (non-hydrogen) atoms. The van der Waals surface area contributed by atoms with Crippen LogP contribution in [0.25, 0.3) is 11.1 Å². The summed E-state index contributed by atoms with van der Waals surface area (Å²) in [5.74, 6) is -0.550. The van der Waals surface area contributed by atoms with Gasteiger partial charge in [-0.15, -0.1) is 0 Å². The highest BCUT2D eigenvalue weighted by Gasteiger charge is 2.35. The van der Waals surface area contributed by atoms with Crippen molar-refractivity contribution in [2.75, 3.05) is 6.54 Å². The largest absolute Gasteiger partial charge is 0.459 e. The summed E-state index contributed by atoms with van der Waals surface area (Å²) in [6, 6.07) is 10.7. The van der Waals surface area contributed by atoms with Gasteiger partial charge in [0.15, 0.2) is 0 Å². The van der Waals surface area contributed by atoms with Crippen molar-refractivity contribution in [2.45, 2.75) is 45.3 Å². The summed E-state index contributed by atoms with van der Waals surface area (Å²) < 4.78 is 5.49. The molecule has 1 unspecified atom stereocenters. The van der Waals surface area contributed by atoms with Crippen molar-refractivity contribution >= 4 is 11.9 Å². The van der Waals surface area contributed by atoms with E-state index in [1.165, 1.54) is 0 Å². The van der Waals surface area contributed by atoms with E-state index < -0.39 is 11.6 Å². The Bertz CT molecular complexity index is 815. The average Bonchev–Trinajstić information content (AvgIpc) is 3.09. The SMILES string of the molecule is CC(C)(C)OC(=O)C1CCCN1NC(=O)c1ccccc1-c1cccnc1. The molecule has 6 heteroatoms. The van der Waals surface area contributed by atoms with Gasteiger partial charge < -0.3 is 4.74 Å². The highest BCUT2D eigenvalue weighted by molar-refractivity contribution is 6.00. The highest BCUT2D eigenvalue weighted by atomic mass is 16.6. The monoisotopic (exact) mass is 367 g/mol. The maximum atomic E-state index is 12.9. The molecule has 3 rings (SSSR count). The zero-order valence-corrected chi connectivity index (χ0v) is 15.9. The molecule has 0 aliphatic carbocycles. The number of benzene rings is 1. The quantitative estimate of drug-likeness (QED) is 0.840. The number of hydrogen-bond acceptors (Lipinski definition) is 5. The summed E-state index contributed by atoms with van der Waals surface area (Å²) in [5, 5.41) is 1.69. The van der Waals surface area contributed by atoms with Crippen LogP contribution in [0.4, 0.5) is 0 Å². The van der Waals surface area contributed by atoms with E-state index in [4.69, 9.17) is 4.74 Å². The molecule has 0 radical (unpaired) electrons. The minimum absolute atomic E-state index is 0.245. The van der Waals surface area contributed by atoms with E-state index in [-0.39, 0.29) is 11.9 Å². The fourth-order valence-corrected chi connectivity index (χ4v) is 3.16. The Morgan fingerprint density at radius 3 is 2.67 bits per heavy atom. The van der Waals surface area contributed by atoms with Crippen LogP contribution in [0.5, 0.6) is 0 Å². The molecule has 1 fully saturated rings. The van der Waals surface area contributed by atoms with Gasteiger partial charge in [0, 0.05) is 30.1 Å². The number of ether oxygens (including phenoxy) is 1. The number of nitrogens with one attached hydrogen (secondary N) is 1. The molecule has 0 saturated carbocycles. The van der Waals surface area contributed by atoms with Gasteiger partial charge >= 0.3 is 5.97 Å². The maximum Gasteiger partial charge on any atom is 0.325 e. The molecule has 1 aromatic heterocycles. The van der Waals surface area contributed by atoms with E-state index in [0.29, 0.717) is 18.5 Å². The molecule has 0 bridgehead atoms. The minimum Gasteiger partial charge on any atom is -0.459 e. The molecule has 1 aliphatic rings. The molecule has 1 atom stereocenters. The normalized spacial score (nSPS) is 17.5. The maximum absolute atomic E-state index is 12.9. The van der Waals surface area contributed by atoms with Crippen molar-refractivity contribution in [3.8, 4) is 11.1 Å². The van der Waals surface area contributed by atoms with Crippen molar-refractivity contribution in [3.63, 3.8) is 0 Å². The Labute approximate surface area is 159 Å². The first-order valence-electron chi connectivity index (χ1n) is 9.15. The molecule has 2 heterocycles. The number of pyridine rings is 1. The van der Waals surface area contributed by atoms with Gasteiger partial charge in [0.1, 0.15) is 11.6 Å². The van der Waals surface area contributed by atoms with E-state index in [9.17, 15) is 9.59 Å². The number of nitrogens with zero attached hydrogens (tertiary/aromatic N) is 2. The Morgan fingerprint density at radius 2 is 1.96 bits per heavy atom. The molecule has 0 spiro atoms. The molecule has 1 amide bonds. The van der Waals surface area contributed by atoms with Crippen LogP contribution in [0, 0.1) is 0 Å². The van der Waals surface area contributed by atoms with Crippen LogP contribution in [0.15, 0.2) is 48.8 Å². The third-order valence-corrected chi connectivity index (χ3v) is 4.32. The molecular formula is C21H25N3O3. The molecule has 6 nitrogen and oxygen atoms in total. The second kappa shape index (κ2) is 7.88. The van der Waals surface area contributed by atoms with E-state index >= 15 is 0 Å². The number of carbonyl (C=O) groups excluding carboxylic acids is 2. The first-order valence-corrected chi connectivity index (χ1v) is 9.15. The van der Waals surface area contributed by atoms with Crippen LogP contribution in [-0.2, 0) is 9.53 Å². The van der Waals surface area contributed by atoms with Crippen molar-refractivity contribution < 1.29 is 14.3 Å². The molecule has 1 aromatic carbocycles. The average molecular weight is 367 g/mol. The zero-order valence-electron chi connectivity index (χ0n) is 15.9. The van der Waals surface area contributed by atoms with Gasteiger partial charge in [0.25, 0.3) is 5.91 Å². The topological polar surface area (TPSA) is 71.5 Å². The first-order chi connectivity index (χ1) is 12.8. The number of esters is 1. The lowest BCUT2D eigenvalue weighted by Crippen LogP contribution is -2.49. The Kier molecular flexibility index (Phi) is 5.56. The number of rotatable bonds is 4. The van der Waals surface area contributed by atoms with Gasteiger partial charge in [0.05, 0.1) is 0 Å². The van der Waals surface area contributed by atoms with Crippen molar-refractivity contribution in [2.24, 2.45) is 0 Å². The number of carbonyl (C=O) groups is 2. The molecular weight excluding hydrogens is 342 g/mol. The number of hydrazine groups is 1. The second-order valence-corrected chi connectivity index (χ2v) is 7.61. The summed E-state index contributed by atoms with van der Waals surface area (Å²) >= 11 is 0. The van der Waals surface area contributed by atoms with Crippen LogP contribution >= 0.6 is 0 Å². The first kappa shape index (κ1) is 19.0. The summed E-state index contributed by atoms with van der Waals surface area (Å²) in [5.41, 5.74) is 4.55. The van der Waals surface area contributed by atoms with E-state index in [2.05, 4.69) is 10.4 Å². The summed E-state index contributed by atoms with van der Waals surface area (Å²) in [4.78, 5) is 29.5. The van der Waals surface area contributed by atoms with Crippen molar-refractivity contribution in [3.05, 3.63) is 54.4 Å². The fraction of sp³-hybridized carbons (Fsp3) is 0.381. The molecule has 2 aromatic rings. The number of hydrogen-bond donors (Lipinski definition) is 1. The van der Waals surface area contributed by atoms with Crippen molar-refractivity contribution in [1.82, 2.24) is 15.4 Å². The Balaban J connectivity index is 1.77.